The smallest absolute Gasteiger partial charge is 0.198 e. The molecule has 0 spiro atoms. The maximum Gasteiger partial charge on any atom is 0.198 e. The summed E-state index contributed by atoms with van der Waals surface area (Å²) in [5.74, 6) is -0.731. The minimum Gasteiger partial charge on any atom is -0.390 e. The van der Waals surface area contributed by atoms with Gasteiger partial charge in [-0.1, -0.05) is 25.5 Å². The minimum absolute atomic E-state index is 0.00905. The average molecular weight is 511 g/mol. The first-order valence-electron chi connectivity index (χ1n) is 13.0. The average Bonchev–Trinajstić information content (AvgIpc) is 3.05. The first-order valence-corrected chi connectivity index (χ1v) is 14.3. The van der Waals surface area contributed by atoms with Crippen molar-refractivity contribution < 1.29 is 32.9 Å². The van der Waals surface area contributed by atoms with E-state index in [0.29, 0.717) is 26.1 Å². The number of carbonyl (C=O) groups is 2. The molecule has 0 radical (unpaired) electrons. The van der Waals surface area contributed by atoms with E-state index in [1.165, 1.54) is 6.08 Å². The van der Waals surface area contributed by atoms with Crippen LogP contribution < -0.4 is 0 Å². The molecule has 0 amide bonds. The van der Waals surface area contributed by atoms with Crippen molar-refractivity contribution in [3.05, 3.63) is 23.8 Å². The summed E-state index contributed by atoms with van der Waals surface area (Å²) in [5, 5.41) is 11.4. The molecule has 4 aliphatic carbocycles. The number of allylic oxidation sites excluding steroid dienone is 4. The quantitative estimate of drug-likeness (QED) is 0.432. The summed E-state index contributed by atoms with van der Waals surface area (Å²) in [6.07, 6.45) is 5.87. The summed E-state index contributed by atoms with van der Waals surface area (Å²) in [7, 11) is -1.18. The molecule has 0 aliphatic heterocycles. The van der Waals surface area contributed by atoms with Crippen molar-refractivity contribution >= 4 is 19.9 Å². The number of hydrogen-bond acceptors (Lipinski definition) is 6. The summed E-state index contributed by atoms with van der Waals surface area (Å²) < 4.78 is 34.0. The molecule has 0 saturated heterocycles. The molecular weight excluding hydrogens is 470 g/mol. The van der Waals surface area contributed by atoms with E-state index in [2.05, 4.69) is 13.8 Å². The summed E-state index contributed by atoms with van der Waals surface area (Å²) in [4.78, 5) is 25.4. The highest BCUT2D eigenvalue weighted by atomic mass is 31.2. The Morgan fingerprint density at radius 1 is 1.23 bits per heavy atom. The van der Waals surface area contributed by atoms with E-state index >= 15 is 4.39 Å². The van der Waals surface area contributed by atoms with E-state index in [9.17, 15) is 14.7 Å². The summed E-state index contributed by atoms with van der Waals surface area (Å²) in [6, 6.07) is 0. The fourth-order valence-electron chi connectivity index (χ4n) is 7.97. The molecular formula is C27H40FO6P. The number of rotatable bonds is 9. The lowest BCUT2D eigenvalue weighted by Crippen LogP contribution is -2.66. The molecule has 0 bridgehead atoms. The van der Waals surface area contributed by atoms with Gasteiger partial charge in [0.25, 0.3) is 0 Å². The zero-order chi connectivity index (χ0) is 25.6. The van der Waals surface area contributed by atoms with E-state index in [-0.39, 0.29) is 54.6 Å². The number of hydrogen-bond donors (Lipinski definition) is 1. The number of ketones is 2. The third-order valence-corrected chi connectivity index (χ3v) is 10.8. The molecule has 8 atom stereocenters. The largest absolute Gasteiger partial charge is 0.390 e. The number of aliphatic hydroxyl groups excluding tert-OH is 1. The zero-order valence-electron chi connectivity index (χ0n) is 21.6. The SMILES string of the molecule is CCOP(COCC(=O)C1[C@H](C)C[C@H]2C3CCC4=CC(=O)C=CC4(C)[C@@]3(F)C(O)CC12C)OCC. The summed E-state index contributed by atoms with van der Waals surface area (Å²) in [6.45, 7) is 10.7. The predicted octanol–water partition coefficient (Wildman–Crippen LogP) is 5.15. The van der Waals surface area contributed by atoms with Gasteiger partial charge in [0.15, 0.2) is 25.6 Å². The van der Waals surface area contributed by atoms with Gasteiger partial charge >= 0.3 is 0 Å². The number of fused-ring (bicyclic) bond motifs is 5. The van der Waals surface area contributed by atoms with Crippen LogP contribution in [0.2, 0.25) is 0 Å². The van der Waals surface area contributed by atoms with Crippen molar-refractivity contribution in [2.75, 3.05) is 26.2 Å². The third kappa shape index (κ3) is 4.29. The van der Waals surface area contributed by atoms with Gasteiger partial charge in [0, 0.05) is 17.3 Å². The van der Waals surface area contributed by atoms with Crippen molar-refractivity contribution in [3.8, 4) is 0 Å². The van der Waals surface area contributed by atoms with Gasteiger partial charge in [-0.3, -0.25) is 9.59 Å². The molecule has 0 aromatic carbocycles. The molecule has 4 aliphatic rings. The molecule has 5 unspecified atom stereocenters. The number of Topliss-reactive ketones (excluding diaryl/α,β-unsaturated/α-hetero) is 1. The third-order valence-electron chi connectivity index (χ3n) is 9.31. The zero-order valence-corrected chi connectivity index (χ0v) is 22.5. The topological polar surface area (TPSA) is 82.1 Å². The first-order chi connectivity index (χ1) is 16.5. The summed E-state index contributed by atoms with van der Waals surface area (Å²) in [5.41, 5.74) is -2.60. The Hall–Kier alpha value is -0.980. The van der Waals surface area contributed by atoms with Gasteiger partial charge in [0.05, 0.1) is 19.3 Å². The van der Waals surface area contributed by atoms with Gasteiger partial charge in [-0.25, -0.2) is 4.39 Å². The Labute approximate surface area is 209 Å². The van der Waals surface area contributed by atoms with Crippen LogP contribution in [-0.2, 0) is 23.4 Å². The number of ether oxygens (including phenoxy) is 1. The van der Waals surface area contributed by atoms with E-state index < -0.39 is 31.0 Å². The van der Waals surface area contributed by atoms with Crippen LogP contribution in [0, 0.1) is 34.5 Å². The molecule has 8 heteroatoms. The predicted molar refractivity (Wildman–Crippen MR) is 132 cm³/mol. The fraction of sp³-hybridized carbons (Fsp3) is 0.778. The lowest BCUT2D eigenvalue weighted by molar-refractivity contribution is -0.196. The van der Waals surface area contributed by atoms with Crippen LogP contribution in [0.5, 0.6) is 0 Å². The van der Waals surface area contributed by atoms with Crippen molar-refractivity contribution in [3.63, 3.8) is 0 Å². The Bertz CT molecular complexity index is 900. The minimum atomic E-state index is -1.86. The molecule has 3 fully saturated rings. The van der Waals surface area contributed by atoms with Gasteiger partial charge in [-0.2, -0.15) is 0 Å². The highest BCUT2D eigenvalue weighted by Crippen LogP contribution is 2.69. The number of aliphatic hydroxyl groups is 1. The van der Waals surface area contributed by atoms with Crippen LogP contribution in [-0.4, -0.2) is 54.6 Å². The second-order valence-corrected chi connectivity index (χ2v) is 12.6. The van der Waals surface area contributed by atoms with Crippen molar-refractivity contribution in [1.82, 2.24) is 0 Å². The molecule has 0 heterocycles. The maximum absolute atomic E-state index is 17.2. The number of halogens is 1. The van der Waals surface area contributed by atoms with Gasteiger partial charge in [0.2, 0.25) is 0 Å². The van der Waals surface area contributed by atoms with E-state index in [0.717, 1.165) is 12.0 Å². The molecule has 1 N–H and O–H groups in total. The van der Waals surface area contributed by atoms with Crippen LogP contribution in [0.1, 0.15) is 60.3 Å². The molecule has 196 valence electrons. The lowest BCUT2D eigenvalue weighted by Gasteiger charge is -2.62. The van der Waals surface area contributed by atoms with Crippen molar-refractivity contribution in [2.24, 2.45) is 34.5 Å². The standard InChI is InChI=1S/C27H40FO6P/c1-6-33-35(34-7-2)16-32-15-22(30)24-17(3)12-21-20-9-8-18-13-19(29)10-11-26(18,5)27(20,28)23(31)14-25(21,24)4/h10-11,13,17,20-21,23-24,31H,6-9,12,14-16H2,1-5H3/t17-,20?,21+,23?,24?,25?,26?,27+/m1/s1. The monoisotopic (exact) mass is 510 g/mol. The second kappa shape index (κ2) is 10.1. The Morgan fingerprint density at radius 2 is 1.91 bits per heavy atom. The number of carbonyl (C=O) groups excluding carboxylic acids is 2. The Morgan fingerprint density at radius 3 is 2.57 bits per heavy atom. The number of alkyl halides is 1. The Kier molecular flexibility index (Phi) is 7.78. The van der Waals surface area contributed by atoms with Gasteiger partial charge in [0.1, 0.15) is 13.0 Å². The Balaban J connectivity index is 1.54. The van der Waals surface area contributed by atoms with Crippen molar-refractivity contribution in [2.45, 2.75) is 72.1 Å². The van der Waals surface area contributed by atoms with Gasteiger partial charge in [-0.15, -0.1) is 0 Å². The first kappa shape index (κ1) is 27.1. The molecule has 0 aromatic rings. The molecule has 35 heavy (non-hydrogen) atoms. The molecule has 4 rings (SSSR count). The van der Waals surface area contributed by atoms with Crippen LogP contribution in [0.4, 0.5) is 4.39 Å². The lowest BCUT2D eigenvalue weighted by atomic mass is 9.45. The molecule has 3 saturated carbocycles. The highest BCUT2D eigenvalue weighted by molar-refractivity contribution is 7.47. The van der Waals surface area contributed by atoms with Crippen LogP contribution in [0.15, 0.2) is 23.8 Å². The van der Waals surface area contributed by atoms with E-state index in [1.807, 2.05) is 20.8 Å². The van der Waals surface area contributed by atoms with E-state index in [4.69, 9.17) is 13.8 Å². The second-order valence-electron chi connectivity index (χ2n) is 11.2. The highest BCUT2D eigenvalue weighted by Gasteiger charge is 2.71. The molecule has 6 nitrogen and oxygen atoms in total. The van der Waals surface area contributed by atoms with Gasteiger partial charge in [-0.05, 0) is 75.9 Å². The van der Waals surface area contributed by atoms with Crippen molar-refractivity contribution in [1.29, 1.82) is 0 Å². The van der Waals surface area contributed by atoms with Gasteiger partial charge < -0.3 is 18.9 Å². The van der Waals surface area contributed by atoms with Crippen LogP contribution in [0.3, 0.4) is 0 Å². The maximum atomic E-state index is 17.2. The normalized spacial score (nSPS) is 42.5. The molecule has 0 aromatic heterocycles. The summed E-state index contributed by atoms with van der Waals surface area (Å²) >= 11 is 0. The van der Waals surface area contributed by atoms with Crippen LogP contribution >= 0.6 is 8.38 Å². The fourth-order valence-corrected chi connectivity index (χ4v) is 9.01. The van der Waals surface area contributed by atoms with Crippen LogP contribution in [0.25, 0.3) is 0 Å². The van der Waals surface area contributed by atoms with E-state index in [1.54, 1.807) is 12.2 Å².